The van der Waals surface area contributed by atoms with Gasteiger partial charge in [-0.05, 0) is 34.8 Å². The Bertz CT molecular complexity index is 492. The van der Waals surface area contributed by atoms with Gasteiger partial charge in [0.05, 0.1) is 12.5 Å². The zero-order chi connectivity index (χ0) is 14.5. The quantitative estimate of drug-likeness (QED) is 0.772. The van der Waals surface area contributed by atoms with E-state index in [1.54, 1.807) is 11.3 Å². The van der Waals surface area contributed by atoms with Gasteiger partial charge in [0.25, 0.3) is 0 Å². The van der Waals surface area contributed by atoms with Crippen molar-refractivity contribution in [2.75, 3.05) is 0 Å². The van der Waals surface area contributed by atoms with Crippen molar-refractivity contribution >= 4 is 39.3 Å². The first-order valence-corrected chi connectivity index (χ1v) is 8.23. The molecule has 1 aromatic rings. The van der Waals surface area contributed by atoms with Crippen LogP contribution < -0.4 is 10.6 Å². The van der Waals surface area contributed by atoms with E-state index in [4.69, 9.17) is 5.11 Å². The SMILES string of the molecule is O=C(NCc1cc(Br)cs1)NC1CCCCC1C(=O)O. The third-order valence-electron chi connectivity index (χ3n) is 3.44. The molecule has 1 aliphatic carbocycles. The topological polar surface area (TPSA) is 78.4 Å². The molecule has 2 unspecified atom stereocenters. The number of nitrogens with one attached hydrogen (secondary N) is 2. The highest BCUT2D eigenvalue weighted by Gasteiger charge is 2.31. The molecular weight excluding hydrogens is 344 g/mol. The summed E-state index contributed by atoms with van der Waals surface area (Å²) in [4.78, 5) is 24.0. The standard InChI is InChI=1S/C13H17BrN2O3S/c14-8-5-9(20-7-8)6-15-13(19)16-11-4-2-1-3-10(11)12(17)18/h5,7,10-11H,1-4,6H2,(H,17,18)(H2,15,16,19). The molecule has 7 heteroatoms. The predicted molar refractivity (Wildman–Crippen MR) is 80.8 cm³/mol. The van der Waals surface area contributed by atoms with Crippen LogP contribution in [0.15, 0.2) is 15.9 Å². The number of carbonyl (C=O) groups is 2. The number of carboxylic acids is 1. The minimum atomic E-state index is -0.822. The second-order valence-corrected chi connectivity index (χ2v) is 6.81. The molecule has 1 saturated carbocycles. The van der Waals surface area contributed by atoms with E-state index in [-0.39, 0.29) is 12.1 Å². The van der Waals surface area contributed by atoms with Crippen LogP contribution in [-0.4, -0.2) is 23.1 Å². The molecule has 0 aliphatic heterocycles. The van der Waals surface area contributed by atoms with Crippen LogP contribution in [0.2, 0.25) is 0 Å². The average Bonchev–Trinajstić information content (AvgIpc) is 2.83. The molecule has 0 spiro atoms. The Balaban J connectivity index is 1.82. The molecule has 110 valence electrons. The average molecular weight is 361 g/mol. The highest BCUT2D eigenvalue weighted by atomic mass is 79.9. The van der Waals surface area contributed by atoms with Crippen molar-refractivity contribution in [2.24, 2.45) is 5.92 Å². The van der Waals surface area contributed by atoms with Gasteiger partial charge in [-0.15, -0.1) is 11.3 Å². The number of hydrogen-bond acceptors (Lipinski definition) is 3. The normalized spacial score (nSPS) is 22.2. The van der Waals surface area contributed by atoms with Gasteiger partial charge >= 0.3 is 12.0 Å². The van der Waals surface area contributed by atoms with E-state index >= 15 is 0 Å². The Morgan fingerprint density at radius 2 is 2.15 bits per heavy atom. The number of amides is 2. The van der Waals surface area contributed by atoms with Crippen LogP contribution in [0.1, 0.15) is 30.6 Å². The van der Waals surface area contributed by atoms with Crippen LogP contribution in [-0.2, 0) is 11.3 Å². The van der Waals surface area contributed by atoms with E-state index in [9.17, 15) is 9.59 Å². The third-order valence-corrected chi connectivity index (χ3v) is 5.14. The van der Waals surface area contributed by atoms with Crippen LogP contribution in [0, 0.1) is 5.92 Å². The van der Waals surface area contributed by atoms with Crippen molar-refractivity contribution in [3.05, 3.63) is 20.8 Å². The lowest BCUT2D eigenvalue weighted by molar-refractivity contribution is -0.143. The van der Waals surface area contributed by atoms with E-state index in [1.165, 1.54) is 0 Å². The Hall–Kier alpha value is -1.08. The van der Waals surface area contributed by atoms with Crippen molar-refractivity contribution in [3.63, 3.8) is 0 Å². The van der Waals surface area contributed by atoms with Gasteiger partial charge in [-0.3, -0.25) is 4.79 Å². The summed E-state index contributed by atoms with van der Waals surface area (Å²) in [7, 11) is 0. The van der Waals surface area contributed by atoms with Gasteiger partial charge < -0.3 is 15.7 Å². The summed E-state index contributed by atoms with van der Waals surface area (Å²) in [6.07, 6.45) is 3.25. The summed E-state index contributed by atoms with van der Waals surface area (Å²) >= 11 is 4.92. The Labute approximate surface area is 129 Å². The molecule has 1 aromatic heterocycles. The minimum Gasteiger partial charge on any atom is -0.481 e. The molecule has 1 aliphatic rings. The summed E-state index contributed by atoms with van der Waals surface area (Å²) in [5.74, 6) is -1.29. The molecule has 1 fully saturated rings. The zero-order valence-corrected chi connectivity index (χ0v) is 13.3. The first-order chi connectivity index (χ1) is 9.56. The highest BCUT2D eigenvalue weighted by Crippen LogP contribution is 2.24. The zero-order valence-electron chi connectivity index (χ0n) is 10.9. The maximum Gasteiger partial charge on any atom is 0.315 e. The van der Waals surface area contributed by atoms with Crippen molar-refractivity contribution in [1.82, 2.24) is 10.6 Å². The number of carbonyl (C=O) groups excluding carboxylic acids is 1. The summed E-state index contributed by atoms with van der Waals surface area (Å²) in [5, 5.41) is 16.7. The number of carboxylic acid groups (broad SMARTS) is 1. The van der Waals surface area contributed by atoms with E-state index in [0.29, 0.717) is 13.0 Å². The lowest BCUT2D eigenvalue weighted by Gasteiger charge is -2.29. The molecule has 2 rings (SSSR count). The number of hydrogen-bond donors (Lipinski definition) is 3. The number of thiophene rings is 1. The molecule has 5 nitrogen and oxygen atoms in total. The largest absolute Gasteiger partial charge is 0.481 e. The molecule has 0 aromatic carbocycles. The third kappa shape index (κ3) is 4.21. The number of rotatable bonds is 4. The molecule has 0 radical (unpaired) electrons. The highest BCUT2D eigenvalue weighted by molar-refractivity contribution is 9.10. The van der Waals surface area contributed by atoms with Crippen molar-refractivity contribution in [2.45, 2.75) is 38.3 Å². The predicted octanol–water partition coefficient (Wildman–Crippen LogP) is 2.95. The summed E-state index contributed by atoms with van der Waals surface area (Å²) in [6.45, 7) is 0.451. The Morgan fingerprint density at radius 1 is 1.40 bits per heavy atom. The molecule has 3 N–H and O–H groups in total. The van der Waals surface area contributed by atoms with Gasteiger partial charge in [0.15, 0.2) is 0 Å². The monoisotopic (exact) mass is 360 g/mol. The summed E-state index contributed by atoms with van der Waals surface area (Å²) in [6, 6.07) is 1.38. The van der Waals surface area contributed by atoms with Crippen molar-refractivity contribution in [1.29, 1.82) is 0 Å². The second kappa shape index (κ2) is 7.08. The smallest absolute Gasteiger partial charge is 0.315 e. The number of halogens is 1. The lowest BCUT2D eigenvalue weighted by Crippen LogP contribution is -2.48. The lowest BCUT2D eigenvalue weighted by atomic mass is 9.84. The van der Waals surface area contributed by atoms with Gasteiger partial charge in [0.2, 0.25) is 0 Å². The fourth-order valence-electron chi connectivity index (χ4n) is 2.43. The summed E-state index contributed by atoms with van der Waals surface area (Å²) in [5.41, 5.74) is 0. The number of aliphatic carboxylic acids is 1. The van der Waals surface area contributed by atoms with Gasteiger partial charge in [-0.25, -0.2) is 4.79 Å². The van der Waals surface area contributed by atoms with E-state index in [0.717, 1.165) is 28.6 Å². The molecule has 20 heavy (non-hydrogen) atoms. The molecule has 1 heterocycles. The van der Waals surface area contributed by atoms with E-state index in [2.05, 4.69) is 26.6 Å². The summed E-state index contributed by atoms with van der Waals surface area (Å²) < 4.78 is 0.998. The fourth-order valence-corrected chi connectivity index (χ4v) is 3.82. The van der Waals surface area contributed by atoms with Crippen molar-refractivity contribution < 1.29 is 14.7 Å². The van der Waals surface area contributed by atoms with Crippen LogP contribution in [0.5, 0.6) is 0 Å². The Kier molecular flexibility index (Phi) is 5.42. The van der Waals surface area contributed by atoms with Gasteiger partial charge in [-0.1, -0.05) is 12.8 Å². The minimum absolute atomic E-state index is 0.267. The van der Waals surface area contributed by atoms with Gasteiger partial charge in [0, 0.05) is 20.8 Å². The number of urea groups is 1. The fraction of sp³-hybridized carbons (Fsp3) is 0.538. The molecule has 2 amide bonds. The van der Waals surface area contributed by atoms with Gasteiger partial charge in [0.1, 0.15) is 0 Å². The van der Waals surface area contributed by atoms with E-state index < -0.39 is 11.9 Å². The van der Waals surface area contributed by atoms with Crippen LogP contribution >= 0.6 is 27.3 Å². The van der Waals surface area contributed by atoms with Crippen LogP contribution in [0.3, 0.4) is 0 Å². The second-order valence-electron chi connectivity index (χ2n) is 4.89. The Morgan fingerprint density at radius 3 is 2.80 bits per heavy atom. The van der Waals surface area contributed by atoms with Crippen molar-refractivity contribution in [3.8, 4) is 0 Å². The maximum atomic E-state index is 11.8. The molecule has 0 saturated heterocycles. The van der Waals surface area contributed by atoms with Crippen LogP contribution in [0.25, 0.3) is 0 Å². The van der Waals surface area contributed by atoms with E-state index in [1.807, 2.05) is 11.4 Å². The molecule has 2 atom stereocenters. The maximum absolute atomic E-state index is 11.8. The van der Waals surface area contributed by atoms with Gasteiger partial charge in [-0.2, -0.15) is 0 Å². The van der Waals surface area contributed by atoms with Crippen LogP contribution in [0.4, 0.5) is 4.79 Å². The first kappa shape index (κ1) is 15.3. The molecule has 0 bridgehead atoms. The molecular formula is C13H17BrN2O3S. The first-order valence-electron chi connectivity index (χ1n) is 6.56.